The van der Waals surface area contributed by atoms with Gasteiger partial charge >= 0.3 is 5.97 Å². The second-order valence-corrected chi connectivity index (χ2v) is 5.31. The van der Waals surface area contributed by atoms with Crippen molar-refractivity contribution in [1.82, 2.24) is 0 Å². The van der Waals surface area contributed by atoms with E-state index < -0.39 is 5.97 Å². The molecule has 1 N–H and O–H groups in total. The molecule has 0 fully saturated rings. The zero-order chi connectivity index (χ0) is 15.9. The Morgan fingerprint density at radius 3 is 2.27 bits per heavy atom. The molecule has 0 aliphatic heterocycles. The maximum atomic E-state index is 11.7. The van der Waals surface area contributed by atoms with Crippen LogP contribution in [0.3, 0.4) is 0 Å². The highest BCUT2D eigenvalue weighted by Crippen LogP contribution is 2.20. The molecule has 3 heteroatoms. The van der Waals surface area contributed by atoms with Gasteiger partial charge in [-0.15, -0.1) is 0 Å². The van der Waals surface area contributed by atoms with E-state index in [1.54, 1.807) is 6.07 Å². The first-order valence-electron chi connectivity index (χ1n) is 7.51. The molecule has 0 aliphatic rings. The quantitative estimate of drug-likeness (QED) is 0.843. The van der Waals surface area contributed by atoms with Gasteiger partial charge in [0.2, 0.25) is 0 Å². The molecule has 2 rings (SSSR count). The van der Waals surface area contributed by atoms with Crippen LogP contribution in [0, 0.1) is 0 Å². The number of carboxylic acids is 1. The molecule has 0 saturated carbocycles. The molecular weight excluding hydrogens is 276 g/mol. The van der Waals surface area contributed by atoms with Gasteiger partial charge in [0.25, 0.3) is 0 Å². The zero-order valence-corrected chi connectivity index (χ0v) is 12.7. The van der Waals surface area contributed by atoms with Crippen molar-refractivity contribution in [2.45, 2.75) is 32.6 Å². The lowest BCUT2D eigenvalue weighted by atomic mass is 9.93. The molecule has 0 amide bonds. The largest absolute Gasteiger partial charge is 0.478 e. The summed E-state index contributed by atoms with van der Waals surface area (Å²) in [7, 11) is 0. The third-order valence-electron chi connectivity index (χ3n) is 3.76. The first-order valence-corrected chi connectivity index (χ1v) is 7.51. The highest BCUT2D eigenvalue weighted by Gasteiger charge is 2.16. The summed E-state index contributed by atoms with van der Waals surface area (Å²) >= 11 is 0. The summed E-state index contributed by atoms with van der Waals surface area (Å²) in [6.45, 7) is 1.83. The van der Waals surface area contributed by atoms with Crippen molar-refractivity contribution in [1.29, 1.82) is 0 Å². The fourth-order valence-corrected chi connectivity index (χ4v) is 2.55. The summed E-state index contributed by atoms with van der Waals surface area (Å²) < 4.78 is 0. The van der Waals surface area contributed by atoms with Gasteiger partial charge in [-0.3, -0.25) is 4.79 Å². The number of rotatable bonds is 7. The van der Waals surface area contributed by atoms with Crippen molar-refractivity contribution in [3.8, 4) is 0 Å². The van der Waals surface area contributed by atoms with E-state index in [0.717, 1.165) is 16.7 Å². The van der Waals surface area contributed by atoms with Crippen LogP contribution in [-0.4, -0.2) is 16.9 Å². The fourth-order valence-electron chi connectivity index (χ4n) is 2.55. The molecule has 0 aromatic heterocycles. The molecule has 0 radical (unpaired) electrons. The molecule has 114 valence electrons. The average molecular weight is 296 g/mol. The highest BCUT2D eigenvalue weighted by atomic mass is 16.4. The van der Waals surface area contributed by atoms with Crippen molar-refractivity contribution in [2.75, 3.05) is 0 Å². The van der Waals surface area contributed by atoms with E-state index in [-0.39, 0.29) is 5.78 Å². The topological polar surface area (TPSA) is 54.4 Å². The van der Waals surface area contributed by atoms with Gasteiger partial charge < -0.3 is 5.11 Å². The van der Waals surface area contributed by atoms with Crippen LogP contribution in [0.4, 0.5) is 0 Å². The summed E-state index contributed by atoms with van der Waals surface area (Å²) in [4.78, 5) is 23.2. The van der Waals surface area contributed by atoms with Crippen LogP contribution in [0.5, 0.6) is 0 Å². The molecule has 0 bridgehead atoms. The summed E-state index contributed by atoms with van der Waals surface area (Å²) in [6, 6.07) is 15.3. The van der Waals surface area contributed by atoms with E-state index in [4.69, 9.17) is 0 Å². The van der Waals surface area contributed by atoms with Gasteiger partial charge in [0, 0.05) is 12.8 Å². The lowest BCUT2D eigenvalue weighted by Crippen LogP contribution is -2.09. The summed E-state index contributed by atoms with van der Waals surface area (Å²) in [5, 5.41) is 9.56. The number of ketones is 1. The molecular formula is C19H20O3. The number of carbonyl (C=O) groups excluding carboxylic acids is 1. The number of carbonyl (C=O) groups is 2. The SMILES string of the molecule is CCC(=O)CCc1cccc(Cc2ccccc2)c1C(=O)O. The number of aromatic carboxylic acids is 1. The van der Waals surface area contributed by atoms with Gasteiger partial charge in [-0.05, 0) is 29.5 Å². The van der Waals surface area contributed by atoms with Crippen LogP contribution in [-0.2, 0) is 17.6 Å². The Balaban J connectivity index is 2.30. The van der Waals surface area contributed by atoms with Gasteiger partial charge in [0.1, 0.15) is 5.78 Å². The second-order valence-electron chi connectivity index (χ2n) is 5.31. The molecule has 0 unspecified atom stereocenters. The predicted octanol–water partition coefficient (Wildman–Crippen LogP) is 3.89. The number of carboxylic acid groups (broad SMARTS) is 1. The van der Waals surface area contributed by atoms with Crippen LogP contribution >= 0.6 is 0 Å². The molecule has 0 saturated heterocycles. The second kappa shape index (κ2) is 7.55. The number of hydrogen-bond acceptors (Lipinski definition) is 2. The minimum absolute atomic E-state index is 0.157. The van der Waals surface area contributed by atoms with Gasteiger partial charge in [-0.1, -0.05) is 55.5 Å². The summed E-state index contributed by atoms with van der Waals surface area (Å²) in [5.41, 5.74) is 2.95. The van der Waals surface area contributed by atoms with E-state index >= 15 is 0 Å². The van der Waals surface area contributed by atoms with E-state index in [9.17, 15) is 14.7 Å². The number of aryl methyl sites for hydroxylation is 1. The zero-order valence-electron chi connectivity index (χ0n) is 12.7. The minimum atomic E-state index is -0.925. The molecule has 3 nitrogen and oxygen atoms in total. The third kappa shape index (κ3) is 4.04. The Bertz CT molecular complexity index is 660. The van der Waals surface area contributed by atoms with Crippen LogP contribution in [0.15, 0.2) is 48.5 Å². The fraction of sp³-hybridized carbons (Fsp3) is 0.263. The molecule has 0 spiro atoms. The smallest absolute Gasteiger partial charge is 0.336 e. The molecule has 0 heterocycles. The van der Waals surface area contributed by atoms with Crippen molar-refractivity contribution in [3.63, 3.8) is 0 Å². The molecule has 2 aromatic rings. The predicted molar refractivity (Wildman–Crippen MR) is 86.3 cm³/mol. The van der Waals surface area contributed by atoms with Crippen LogP contribution in [0.2, 0.25) is 0 Å². The minimum Gasteiger partial charge on any atom is -0.478 e. The Kier molecular flexibility index (Phi) is 5.48. The number of Topliss-reactive ketones (excluding diaryl/α,β-unsaturated/α-hetero) is 1. The lowest BCUT2D eigenvalue weighted by Gasteiger charge is -2.11. The summed E-state index contributed by atoms with van der Waals surface area (Å²) in [5.74, 6) is -0.768. The van der Waals surface area contributed by atoms with Gasteiger partial charge in [0.15, 0.2) is 0 Å². The first kappa shape index (κ1) is 16.0. The maximum absolute atomic E-state index is 11.7. The number of hydrogen-bond donors (Lipinski definition) is 1. The third-order valence-corrected chi connectivity index (χ3v) is 3.76. The number of benzene rings is 2. The van der Waals surface area contributed by atoms with Crippen molar-refractivity contribution >= 4 is 11.8 Å². The normalized spacial score (nSPS) is 10.4. The van der Waals surface area contributed by atoms with E-state index in [0.29, 0.717) is 31.2 Å². The van der Waals surface area contributed by atoms with Crippen LogP contribution < -0.4 is 0 Å². The van der Waals surface area contributed by atoms with E-state index in [1.807, 2.05) is 49.4 Å². The standard InChI is InChI=1S/C19H20O3/c1-2-17(20)12-11-15-9-6-10-16(18(15)19(21)22)13-14-7-4-3-5-8-14/h3-10H,2,11-13H2,1H3,(H,21,22). The average Bonchev–Trinajstić information content (AvgIpc) is 2.53. The van der Waals surface area contributed by atoms with Gasteiger partial charge in [-0.25, -0.2) is 4.79 Å². The lowest BCUT2D eigenvalue weighted by molar-refractivity contribution is -0.118. The van der Waals surface area contributed by atoms with E-state index in [1.165, 1.54) is 0 Å². The van der Waals surface area contributed by atoms with Crippen molar-refractivity contribution < 1.29 is 14.7 Å². The van der Waals surface area contributed by atoms with Crippen molar-refractivity contribution in [3.05, 3.63) is 70.8 Å². The maximum Gasteiger partial charge on any atom is 0.336 e. The monoisotopic (exact) mass is 296 g/mol. The Morgan fingerprint density at radius 1 is 0.955 bits per heavy atom. The Hall–Kier alpha value is -2.42. The van der Waals surface area contributed by atoms with Gasteiger partial charge in [-0.2, -0.15) is 0 Å². The first-order chi connectivity index (χ1) is 10.6. The molecule has 2 aromatic carbocycles. The molecule has 22 heavy (non-hydrogen) atoms. The van der Waals surface area contributed by atoms with Gasteiger partial charge in [0.05, 0.1) is 5.56 Å². The molecule has 0 aliphatic carbocycles. The highest BCUT2D eigenvalue weighted by molar-refractivity contribution is 5.91. The Morgan fingerprint density at radius 2 is 1.64 bits per heavy atom. The van der Waals surface area contributed by atoms with Crippen LogP contribution in [0.25, 0.3) is 0 Å². The van der Waals surface area contributed by atoms with E-state index in [2.05, 4.69) is 0 Å². The van der Waals surface area contributed by atoms with Crippen LogP contribution in [0.1, 0.15) is 46.8 Å². The summed E-state index contributed by atoms with van der Waals surface area (Å²) in [6.07, 6.45) is 1.95. The molecule has 0 atom stereocenters. The Labute approximate surface area is 130 Å². The van der Waals surface area contributed by atoms with Crippen molar-refractivity contribution in [2.24, 2.45) is 0 Å².